The summed E-state index contributed by atoms with van der Waals surface area (Å²) in [5.41, 5.74) is 2.40. The predicted molar refractivity (Wildman–Crippen MR) is 128 cm³/mol. The fourth-order valence-electron chi connectivity index (χ4n) is 6.87. The van der Waals surface area contributed by atoms with Crippen LogP contribution in [0.2, 0.25) is 0 Å². The molecule has 4 aliphatic carbocycles. The summed E-state index contributed by atoms with van der Waals surface area (Å²) in [6.07, 6.45) is 11.4. The summed E-state index contributed by atoms with van der Waals surface area (Å²) in [5, 5.41) is 10.0. The normalized spacial score (nSPS) is 41.8. The molecule has 31 heavy (non-hydrogen) atoms. The Morgan fingerprint density at radius 2 is 1.94 bits per heavy atom. The van der Waals surface area contributed by atoms with Crippen LogP contribution in [0.1, 0.15) is 58.3 Å². The Balaban J connectivity index is 1.37. The van der Waals surface area contributed by atoms with Crippen molar-refractivity contribution < 1.29 is 19.3 Å². The first-order valence-electron chi connectivity index (χ1n) is 12.2. The molecule has 0 saturated heterocycles. The molecular weight excluding hydrogens is 406 g/mol. The Kier molecular flexibility index (Phi) is 7.90. The molecule has 6 heteroatoms. The molecule has 1 N–H and O–H groups in total. The van der Waals surface area contributed by atoms with Gasteiger partial charge in [-0.2, -0.15) is 0 Å². The van der Waals surface area contributed by atoms with Gasteiger partial charge in [0.1, 0.15) is 7.85 Å². The van der Waals surface area contributed by atoms with Gasteiger partial charge >= 0.3 is 0 Å². The molecular formula is C25H40BO4P. The van der Waals surface area contributed by atoms with Gasteiger partial charge in [0.25, 0.3) is 0 Å². The van der Waals surface area contributed by atoms with Crippen LogP contribution in [0.25, 0.3) is 0 Å². The van der Waals surface area contributed by atoms with E-state index in [1.54, 1.807) is 7.11 Å². The summed E-state index contributed by atoms with van der Waals surface area (Å²) >= 11 is 0. The Bertz CT molecular complexity index is 693. The summed E-state index contributed by atoms with van der Waals surface area (Å²) in [5.74, 6) is 4.22. The van der Waals surface area contributed by atoms with E-state index >= 15 is 0 Å². The Morgan fingerprint density at radius 1 is 1.13 bits per heavy atom. The lowest BCUT2D eigenvalue weighted by molar-refractivity contribution is -0.128. The van der Waals surface area contributed by atoms with Crippen LogP contribution in [0.3, 0.4) is 0 Å². The molecule has 2 radical (unpaired) electrons. The van der Waals surface area contributed by atoms with Crippen molar-refractivity contribution in [2.75, 3.05) is 20.8 Å². The molecule has 4 nitrogen and oxygen atoms in total. The average molecular weight is 446 g/mol. The van der Waals surface area contributed by atoms with E-state index in [0.717, 1.165) is 67.7 Å². The van der Waals surface area contributed by atoms with Gasteiger partial charge < -0.3 is 19.3 Å². The highest BCUT2D eigenvalue weighted by Crippen LogP contribution is 2.51. The minimum Gasteiger partial charge on any atom is -0.502 e. The lowest BCUT2D eigenvalue weighted by Gasteiger charge is -2.50. The van der Waals surface area contributed by atoms with Crippen LogP contribution in [0.4, 0.5) is 0 Å². The fraction of sp³-hybridized carbons (Fsp3) is 0.840. The molecule has 0 aromatic carbocycles. The van der Waals surface area contributed by atoms with Crippen LogP contribution in [-0.4, -0.2) is 57.8 Å². The van der Waals surface area contributed by atoms with Crippen LogP contribution in [0.15, 0.2) is 22.9 Å². The Morgan fingerprint density at radius 3 is 2.65 bits per heavy atom. The molecule has 10 atom stereocenters. The molecule has 2 saturated carbocycles. The van der Waals surface area contributed by atoms with Gasteiger partial charge in [-0.25, -0.2) is 0 Å². The number of ether oxygens (including phenoxy) is 3. The van der Waals surface area contributed by atoms with E-state index in [1.165, 1.54) is 24.8 Å². The summed E-state index contributed by atoms with van der Waals surface area (Å²) in [6.45, 7) is 2.66. The number of aliphatic hydroxyl groups is 1. The zero-order valence-electron chi connectivity index (χ0n) is 19.5. The van der Waals surface area contributed by atoms with Crippen molar-refractivity contribution >= 4 is 17.1 Å². The van der Waals surface area contributed by atoms with Crippen LogP contribution >= 0.6 is 9.24 Å². The highest BCUT2D eigenvalue weighted by atomic mass is 31.0. The number of methoxy groups -OCH3 is 2. The lowest BCUT2D eigenvalue weighted by atomic mass is 9.57. The Hall–Kier alpha value is -0.345. The van der Waals surface area contributed by atoms with Gasteiger partial charge in [-0.05, 0) is 92.7 Å². The van der Waals surface area contributed by atoms with Gasteiger partial charge in [0.2, 0.25) is 0 Å². The van der Waals surface area contributed by atoms with Gasteiger partial charge in [0, 0.05) is 13.5 Å². The Labute approximate surface area is 192 Å². The van der Waals surface area contributed by atoms with Crippen molar-refractivity contribution in [3.05, 3.63) is 22.9 Å². The van der Waals surface area contributed by atoms with Gasteiger partial charge in [0.15, 0.2) is 0 Å². The standard InChI is InChI=1S/C25H40BO4P/c1-14(27)16-6-7-19-17(10-16)4-5-18-11-22(21(28-2)12-20(18)19)30-13-15-8-23(29-3)25(26)24(31)9-15/h10,14-15,17-22,24,27H,4-9,11-13,31H2,1-3H3/t14?,15?,17-,18?,19?,20?,21?,22?,24?/m1/s1. The quantitative estimate of drug-likeness (QED) is 0.377. The van der Waals surface area contributed by atoms with Crippen LogP contribution in [-0.2, 0) is 14.2 Å². The van der Waals surface area contributed by atoms with E-state index in [9.17, 15) is 5.11 Å². The monoisotopic (exact) mass is 446 g/mol. The van der Waals surface area contributed by atoms with Crippen LogP contribution in [0, 0.1) is 29.6 Å². The molecule has 4 rings (SSSR count). The van der Waals surface area contributed by atoms with Crippen molar-refractivity contribution in [1.82, 2.24) is 0 Å². The summed E-state index contributed by atoms with van der Waals surface area (Å²) in [6, 6.07) is 0. The summed E-state index contributed by atoms with van der Waals surface area (Å²) in [7, 11) is 12.6. The first kappa shape index (κ1) is 23.8. The average Bonchev–Trinajstić information content (AvgIpc) is 2.78. The number of rotatable bonds is 6. The van der Waals surface area contributed by atoms with Crippen molar-refractivity contribution in [1.29, 1.82) is 0 Å². The topological polar surface area (TPSA) is 47.9 Å². The number of hydrogen-bond donors (Lipinski definition) is 1. The molecule has 172 valence electrons. The molecule has 0 amide bonds. The van der Waals surface area contributed by atoms with Gasteiger partial charge in [-0.1, -0.05) is 11.5 Å². The molecule has 4 aliphatic rings. The van der Waals surface area contributed by atoms with Gasteiger partial charge in [-0.3, -0.25) is 0 Å². The third-order valence-corrected chi connectivity index (χ3v) is 9.27. The van der Waals surface area contributed by atoms with E-state index in [0.29, 0.717) is 11.8 Å². The smallest absolute Gasteiger partial charge is 0.113 e. The van der Waals surface area contributed by atoms with Gasteiger partial charge in [-0.15, -0.1) is 9.24 Å². The van der Waals surface area contributed by atoms with E-state index in [1.807, 2.05) is 14.0 Å². The van der Waals surface area contributed by atoms with Crippen LogP contribution in [0.5, 0.6) is 0 Å². The first-order chi connectivity index (χ1) is 14.9. The zero-order chi connectivity index (χ0) is 22.1. The van der Waals surface area contributed by atoms with Crippen molar-refractivity contribution in [2.24, 2.45) is 29.6 Å². The number of allylic oxidation sites excluding steroid dienone is 3. The summed E-state index contributed by atoms with van der Waals surface area (Å²) in [4.78, 5) is 0. The fourth-order valence-corrected chi connectivity index (χ4v) is 7.44. The molecule has 9 unspecified atom stereocenters. The second-order valence-corrected chi connectivity index (χ2v) is 11.2. The van der Waals surface area contributed by atoms with E-state index in [2.05, 4.69) is 15.3 Å². The third kappa shape index (κ3) is 5.10. The molecule has 0 aromatic rings. The minimum absolute atomic E-state index is 0.181. The molecule has 2 fully saturated rings. The number of hydrogen-bond acceptors (Lipinski definition) is 4. The zero-order valence-corrected chi connectivity index (χ0v) is 20.6. The van der Waals surface area contributed by atoms with Crippen molar-refractivity contribution in [3.63, 3.8) is 0 Å². The highest BCUT2D eigenvalue weighted by Gasteiger charge is 2.46. The second-order valence-electron chi connectivity index (χ2n) is 10.4. The van der Waals surface area contributed by atoms with E-state index < -0.39 is 0 Å². The predicted octanol–water partition coefficient (Wildman–Crippen LogP) is 4.22. The largest absolute Gasteiger partial charge is 0.502 e. The summed E-state index contributed by atoms with van der Waals surface area (Å²) < 4.78 is 18.0. The lowest BCUT2D eigenvalue weighted by Crippen LogP contribution is -2.48. The third-order valence-electron chi connectivity index (χ3n) is 8.64. The minimum atomic E-state index is -0.292. The molecule has 0 aromatic heterocycles. The van der Waals surface area contributed by atoms with Crippen molar-refractivity contribution in [3.8, 4) is 0 Å². The van der Waals surface area contributed by atoms with Crippen molar-refractivity contribution in [2.45, 2.75) is 82.3 Å². The SMILES string of the molecule is [B]C1=C(OC)CC(COC2CC3CC[C@@H]4C=C(C(C)O)CCC4C3CC2OC)CC1P. The van der Waals surface area contributed by atoms with E-state index in [4.69, 9.17) is 22.1 Å². The molecule has 0 aliphatic heterocycles. The second kappa shape index (κ2) is 10.3. The van der Waals surface area contributed by atoms with E-state index in [-0.39, 0.29) is 24.0 Å². The number of fused-ring (bicyclic) bond motifs is 3. The molecule has 0 heterocycles. The van der Waals surface area contributed by atoms with Gasteiger partial charge in [0.05, 0.1) is 37.8 Å². The van der Waals surface area contributed by atoms with Crippen LogP contribution < -0.4 is 0 Å². The maximum Gasteiger partial charge on any atom is 0.113 e. The number of aliphatic hydroxyl groups excluding tert-OH is 1. The highest BCUT2D eigenvalue weighted by molar-refractivity contribution is 7.18. The maximum atomic E-state index is 10.0. The molecule has 0 bridgehead atoms. The maximum absolute atomic E-state index is 10.0. The first-order valence-corrected chi connectivity index (χ1v) is 12.9. The molecule has 0 spiro atoms.